The Hall–Kier alpha value is -0.740. The van der Waals surface area contributed by atoms with Gasteiger partial charge in [-0.2, -0.15) is 4.98 Å². The van der Waals surface area contributed by atoms with Gasteiger partial charge in [0.1, 0.15) is 5.02 Å². The molecule has 1 fully saturated rings. The lowest BCUT2D eigenvalue weighted by Gasteiger charge is -2.35. The van der Waals surface area contributed by atoms with E-state index in [1.807, 2.05) is 0 Å². The predicted molar refractivity (Wildman–Crippen MR) is 78.3 cm³/mol. The number of alkyl halides is 1. The first-order chi connectivity index (χ1) is 9.19. The number of nitrogens with one attached hydrogen (secondary N) is 1. The second-order valence-electron chi connectivity index (χ2n) is 5.10. The zero-order valence-electron chi connectivity index (χ0n) is 11.1. The van der Waals surface area contributed by atoms with Gasteiger partial charge >= 0.3 is 6.01 Å². The van der Waals surface area contributed by atoms with E-state index in [4.69, 9.17) is 27.9 Å². The molecule has 0 aromatic carbocycles. The lowest BCUT2D eigenvalue weighted by Crippen LogP contribution is -2.34. The smallest absolute Gasteiger partial charge is 0.318 e. The van der Waals surface area contributed by atoms with Crippen LogP contribution >= 0.6 is 23.2 Å². The average Bonchev–Trinajstić information content (AvgIpc) is 2.47. The van der Waals surface area contributed by atoms with Gasteiger partial charge in [-0.3, -0.25) is 0 Å². The Morgan fingerprint density at radius 3 is 2.74 bits per heavy atom. The zero-order valence-corrected chi connectivity index (χ0v) is 12.6. The summed E-state index contributed by atoms with van der Waals surface area (Å²) in [7, 11) is 1.54. The van der Waals surface area contributed by atoms with E-state index >= 15 is 0 Å². The summed E-state index contributed by atoms with van der Waals surface area (Å²) in [6, 6.07) is 0.315. The quantitative estimate of drug-likeness (QED) is 0.842. The molecule has 0 radical (unpaired) electrons. The van der Waals surface area contributed by atoms with E-state index in [1.165, 1.54) is 26.4 Å². The van der Waals surface area contributed by atoms with Gasteiger partial charge in [-0.1, -0.05) is 30.9 Å². The summed E-state index contributed by atoms with van der Waals surface area (Å²) in [6.07, 6.45) is 7.65. The average molecular weight is 304 g/mol. The molecule has 4 nitrogen and oxygen atoms in total. The van der Waals surface area contributed by atoms with Crippen molar-refractivity contribution in [3.8, 4) is 6.01 Å². The minimum absolute atomic E-state index is 0.154. The highest BCUT2D eigenvalue weighted by Gasteiger charge is 2.31. The number of hydrogen-bond donors (Lipinski definition) is 1. The Kier molecular flexibility index (Phi) is 5.11. The number of ether oxygens (including phenoxy) is 1. The van der Waals surface area contributed by atoms with E-state index < -0.39 is 0 Å². The van der Waals surface area contributed by atoms with Gasteiger partial charge in [-0.05, 0) is 12.8 Å². The third-order valence-electron chi connectivity index (χ3n) is 3.73. The van der Waals surface area contributed by atoms with Crippen LogP contribution in [0.5, 0.6) is 6.01 Å². The number of halogens is 2. The van der Waals surface area contributed by atoms with Crippen molar-refractivity contribution in [2.24, 2.45) is 5.41 Å². The van der Waals surface area contributed by atoms with Crippen molar-refractivity contribution in [3.63, 3.8) is 0 Å². The number of anilines is 1. The number of methoxy groups -OCH3 is 1. The van der Waals surface area contributed by atoms with E-state index in [0.29, 0.717) is 22.7 Å². The first-order valence-electron chi connectivity index (χ1n) is 6.55. The summed E-state index contributed by atoms with van der Waals surface area (Å²) in [5.41, 5.74) is 0.154. The van der Waals surface area contributed by atoms with Crippen molar-refractivity contribution >= 4 is 29.0 Å². The van der Waals surface area contributed by atoms with Crippen LogP contribution < -0.4 is 10.1 Å². The summed E-state index contributed by atoms with van der Waals surface area (Å²) in [4.78, 5) is 8.18. The highest BCUT2D eigenvalue weighted by molar-refractivity contribution is 6.32. The second-order valence-corrected chi connectivity index (χ2v) is 5.78. The molecule has 1 aliphatic carbocycles. The fraction of sp³-hybridized carbons (Fsp3) is 0.692. The highest BCUT2D eigenvalue weighted by atomic mass is 35.5. The van der Waals surface area contributed by atoms with Crippen LogP contribution in [0.2, 0.25) is 5.02 Å². The predicted octanol–water partition coefficient (Wildman–Crippen LogP) is 3.74. The third kappa shape index (κ3) is 3.63. The lowest BCUT2D eigenvalue weighted by molar-refractivity contribution is 0.238. The fourth-order valence-electron chi connectivity index (χ4n) is 2.50. The van der Waals surface area contributed by atoms with Gasteiger partial charge in [0.05, 0.1) is 13.3 Å². The van der Waals surface area contributed by atoms with Gasteiger partial charge in [0.2, 0.25) is 0 Å². The SMILES string of the molecule is COc1ncc(Cl)c(NCC2(CCl)CCCCC2)n1. The molecule has 0 aliphatic heterocycles. The van der Waals surface area contributed by atoms with Gasteiger partial charge in [0, 0.05) is 17.8 Å². The molecule has 1 aliphatic rings. The van der Waals surface area contributed by atoms with Gasteiger partial charge in [-0.15, -0.1) is 11.6 Å². The molecule has 19 heavy (non-hydrogen) atoms. The molecule has 6 heteroatoms. The van der Waals surface area contributed by atoms with E-state index in [0.717, 1.165) is 19.4 Å². The molecule has 0 amide bonds. The fourth-order valence-corrected chi connectivity index (χ4v) is 3.02. The van der Waals surface area contributed by atoms with Gasteiger partial charge in [0.25, 0.3) is 0 Å². The van der Waals surface area contributed by atoms with Crippen LogP contribution in [0.3, 0.4) is 0 Å². The van der Waals surface area contributed by atoms with Gasteiger partial charge in [0.15, 0.2) is 5.82 Å². The summed E-state index contributed by atoms with van der Waals surface area (Å²) < 4.78 is 5.01. The molecule has 1 heterocycles. The van der Waals surface area contributed by atoms with E-state index in [9.17, 15) is 0 Å². The molecule has 0 unspecified atom stereocenters. The van der Waals surface area contributed by atoms with Gasteiger partial charge in [-0.25, -0.2) is 4.98 Å². The van der Waals surface area contributed by atoms with Crippen LogP contribution in [0.15, 0.2) is 6.20 Å². The van der Waals surface area contributed by atoms with Crippen LogP contribution in [0.4, 0.5) is 5.82 Å². The molecule has 2 rings (SSSR count). The maximum absolute atomic E-state index is 6.17. The standard InChI is InChI=1S/C13H19Cl2N3O/c1-19-12-16-7-10(15)11(18-12)17-9-13(8-14)5-3-2-4-6-13/h7H,2-6,8-9H2,1H3,(H,16,17,18). The second kappa shape index (κ2) is 6.62. The van der Waals surface area contributed by atoms with Crippen molar-refractivity contribution in [3.05, 3.63) is 11.2 Å². The van der Waals surface area contributed by atoms with E-state index in [2.05, 4.69) is 15.3 Å². The number of hydrogen-bond acceptors (Lipinski definition) is 4. The summed E-state index contributed by atoms with van der Waals surface area (Å²) in [5.74, 6) is 1.28. The molecule has 0 atom stereocenters. The molecule has 1 aromatic rings. The van der Waals surface area contributed by atoms with Crippen molar-refractivity contribution in [1.29, 1.82) is 0 Å². The Morgan fingerprint density at radius 2 is 2.11 bits per heavy atom. The molecule has 1 aromatic heterocycles. The summed E-state index contributed by atoms with van der Waals surface area (Å²) in [5, 5.41) is 3.80. The maximum Gasteiger partial charge on any atom is 0.318 e. The molecular weight excluding hydrogens is 285 g/mol. The Bertz CT molecular complexity index is 422. The number of aromatic nitrogens is 2. The van der Waals surface area contributed by atoms with Gasteiger partial charge < -0.3 is 10.1 Å². The molecule has 0 saturated heterocycles. The molecule has 0 spiro atoms. The minimum Gasteiger partial charge on any atom is -0.467 e. The number of nitrogens with zero attached hydrogens (tertiary/aromatic N) is 2. The monoisotopic (exact) mass is 303 g/mol. The summed E-state index contributed by atoms with van der Waals surface area (Å²) >= 11 is 12.3. The minimum atomic E-state index is 0.154. The zero-order chi connectivity index (χ0) is 13.7. The molecule has 106 valence electrons. The maximum atomic E-state index is 6.17. The third-order valence-corrected chi connectivity index (χ3v) is 4.58. The normalized spacial score (nSPS) is 18.1. The van der Waals surface area contributed by atoms with Crippen LogP contribution in [0.1, 0.15) is 32.1 Å². The van der Waals surface area contributed by atoms with Crippen LogP contribution in [-0.4, -0.2) is 29.5 Å². The Balaban J connectivity index is 2.04. The van der Waals surface area contributed by atoms with Crippen molar-refractivity contribution in [2.75, 3.05) is 24.9 Å². The van der Waals surface area contributed by atoms with Crippen LogP contribution in [0.25, 0.3) is 0 Å². The molecule has 1 N–H and O–H groups in total. The van der Waals surface area contributed by atoms with Crippen LogP contribution in [0, 0.1) is 5.41 Å². The molecular formula is C13H19Cl2N3O. The Labute approximate surface area is 123 Å². The first-order valence-corrected chi connectivity index (χ1v) is 7.47. The van der Waals surface area contributed by atoms with Crippen molar-refractivity contribution in [2.45, 2.75) is 32.1 Å². The van der Waals surface area contributed by atoms with E-state index in [1.54, 1.807) is 6.20 Å². The molecule has 1 saturated carbocycles. The Morgan fingerprint density at radius 1 is 1.37 bits per heavy atom. The van der Waals surface area contributed by atoms with E-state index in [-0.39, 0.29) is 5.41 Å². The van der Waals surface area contributed by atoms with Crippen molar-refractivity contribution in [1.82, 2.24) is 9.97 Å². The first kappa shape index (κ1) is 14.7. The number of rotatable bonds is 5. The van der Waals surface area contributed by atoms with Crippen LogP contribution in [-0.2, 0) is 0 Å². The lowest BCUT2D eigenvalue weighted by atomic mass is 9.75. The highest BCUT2D eigenvalue weighted by Crippen LogP contribution is 2.37. The van der Waals surface area contributed by atoms with Crippen molar-refractivity contribution < 1.29 is 4.74 Å². The topological polar surface area (TPSA) is 47.0 Å². The largest absolute Gasteiger partial charge is 0.467 e. The molecule has 0 bridgehead atoms. The summed E-state index contributed by atoms with van der Waals surface area (Å²) in [6.45, 7) is 0.788.